The van der Waals surface area contributed by atoms with E-state index < -0.39 is 35.7 Å². The highest BCUT2D eigenvalue weighted by molar-refractivity contribution is 6.07. The van der Waals surface area contributed by atoms with Crippen molar-refractivity contribution in [3.63, 3.8) is 0 Å². The van der Waals surface area contributed by atoms with Crippen molar-refractivity contribution < 1.29 is 49.5 Å². The topological polar surface area (TPSA) is 113 Å². The number of halogens is 7. The van der Waals surface area contributed by atoms with Crippen molar-refractivity contribution in [1.29, 1.82) is 0 Å². The lowest BCUT2D eigenvalue weighted by Gasteiger charge is -2.26. The first-order valence-electron chi connectivity index (χ1n) is 10.6. The molecule has 0 bridgehead atoms. The maximum Gasteiger partial charge on any atom is 0.460 e. The van der Waals surface area contributed by atoms with E-state index in [0.29, 0.717) is 5.56 Å². The van der Waals surface area contributed by atoms with Crippen molar-refractivity contribution in [3.05, 3.63) is 58.5 Å². The number of hydrogen-bond acceptors (Lipinski definition) is 5. The van der Waals surface area contributed by atoms with Crippen LogP contribution in [0.2, 0.25) is 0 Å². The van der Waals surface area contributed by atoms with E-state index in [2.05, 4.69) is 16.0 Å². The van der Waals surface area contributed by atoms with Crippen LogP contribution in [0.25, 0.3) is 0 Å². The van der Waals surface area contributed by atoms with Gasteiger partial charge in [-0.1, -0.05) is 30.3 Å². The van der Waals surface area contributed by atoms with Crippen LogP contribution in [0.15, 0.2) is 39.9 Å². The number of carbonyl (C=O) groups is 3. The van der Waals surface area contributed by atoms with Crippen LogP contribution in [-0.2, 0) is 22.4 Å². The fraction of sp³-hybridized carbons (Fsp3) is 0.364. The molecule has 1 heterocycles. The average molecular weight is 536 g/mol. The predicted octanol–water partition coefficient (Wildman–Crippen LogP) is 3.58. The van der Waals surface area contributed by atoms with Gasteiger partial charge in [-0.25, -0.2) is 5.43 Å². The minimum Gasteiger partial charge on any atom is -0.455 e. The molecule has 15 heteroatoms. The molecular formula is C22H19F7N4O4. The molecule has 1 aliphatic rings. The van der Waals surface area contributed by atoms with E-state index in [-0.39, 0.29) is 54.0 Å². The first-order valence-corrected chi connectivity index (χ1v) is 10.6. The lowest BCUT2D eigenvalue weighted by atomic mass is 9.93. The monoisotopic (exact) mass is 536 g/mol. The Morgan fingerprint density at radius 3 is 2.24 bits per heavy atom. The van der Waals surface area contributed by atoms with Crippen LogP contribution >= 0.6 is 0 Å². The second-order valence-corrected chi connectivity index (χ2v) is 8.02. The number of nitrogens with zero attached hydrogens (tertiary/aromatic N) is 1. The van der Waals surface area contributed by atoms with E-state index in [1.165, 1.54) is 6.92 Å². The molecule has 37 heavy (non-hydrogen) atoms. The predicted molar refractivity (Wildman–Crippen MR) is 113 cm³/mol. The molecule has 3 amide bonds. The summed E-state index contributed by atoms with van der Waals surface area (Å²) in [6, 6.07) is 8.61. The first kappa shape index (κ1) is 27.7. The number of furan rings is 1. The maximum atomic E-state index is 13.6. The summed E-state index contributed by atoms with van der Waals surface area (Å²) >= 11 is 0. The molecule has 0 radical (unpaired) electrons. The van der Waals surface area contributed by atoms with Crippen LogP contribution in [0.4, 0.5) is 30.7 Å². The molecule has 0 spiro atoms. The van der Waals surface area contributed by atoms with Gasteiger partial charge in [0.05, 0.1) is 12.1 Å². The van der Waals surface area contributed by atoms with Gasteiger partial charge in [0.2, 0.25) is 5.91 Å². The largest absolute Gasteiger partial charge is 0.460 e. The number of aryl methyl sites for hydroxylation is 1. The van der Waals surface area contributed by atoms with Crippen molar-refractivity contribution in [2.45, 2.75) is 50.6 Å². The average Bonchev–Trinajstić information content (AvgIpc) is 3.17. The third kappa shape index (κ3) is 5.59. The highest BCUT2D eigenvalue weighted by atomic mass is 19.4. The summed E-state index contributed by atoms with van der Waals surface area (Å²) in [5.74, 6) is -17.3. The Bertz CT molecular complexity index is 1220. The van der Waals surface area contributed by atoms with Gasteiger partial charge in [-0.15, -0.1) is 0 Å². The van der Waals surface area contributed by atoms with Gasteiger partial charge < -0.3 is 4.42 Å². The summed E-state index contributed by atoms with van der Waals surface area (Å²) < 4.78 is 95.7. The Morgan fingerprint density at radius 1 is 0.973 bits per heavy atom. The van der Waals surface area contributed by atoms with E-state index in [1.54, 1.807) is 30.3 Å². The van der Waals surface area contributed by atoms with Crippen molar-refractivity contribution in [2.75, 3.05) is 0 Å². The number of rotatable bonds is 6. The fourth-order valence-electron chi connectivity index (χ4n) is 3.51. The Labute approximate surface area is 204 Å². The van der Waals surface area contributed by atoms with Crippen LogP contribution in [0.3, 0.4) is 0 Å². The Morgan fingerprint density at radius 2 is 1.62 bits per heavy atom. The second kappa shape index (κ2) is 10.2. The molecule has 0 atom stereocenters. The molecule has 1 aromatic carbocycles. The van der Waals surface area contributed by atoms with E-state index in [0.717, 1.165) is 5.43 Å². The van der Waals surface area contributed by atoms with E-state index in [9.17, 15) is 45.1 Å². The zero-order valence-corrected chi connectivity index (χ0v) is 18.9. The highest BCUT2D eigenvalue weighted by Gasteiger charge is 2.76. The van der Waals surface area contributed by atoms with Gasteiger partial charge in [0, 0.05) is 17.5 Å². The summed E-state index contributed by atoms with van der Waals surface area (Å²) in [6.45, 7) is 1.37. The van der Waals surface area contributed by atoms with Gasteiger partial charge in [0.15, 0.2) is 5.76 Å². The van der Waals surface area contributed by atoms with Crippen LogP contribution in [0, 0.1) is 6.92 Å². The van der Waals surface area contributed by atoms with Crippen LogP contribution < -0.4 is 16.3 Å². The molecule has 0 saturated carbocycles. The molecule has 8 nitrogen and oxygen atoms in total. The number of nitrogens with one attached hydrogen (secondary N) is 3. The number of hydrazine groups is 1. The number of benzene rings is 1. The van der Waals surface area contributed by atoms with Gasteiger partial charge >= 0.3 is 29.8 Å². The van der Waals surface area contributed by atoms with E-state index in [1.807, 2.05) is 0 Å². The third-order valence-electron chi connectivity index (χ3n) is 5.38. The van der Waals surface area contributed by atoms with Crippen molar-refractivity contribution in [2.24, 2.45) is 5.10 Å². The number of hydrazone groups is 1. The molecule has 3 rings (SSSR count). The zero-order valence-electron chi connectivity index (χ0n) is 18.9. The third-order valence-corrected chi connectivity index (χ3v) is 5.38. The fourth-order valence-corrected chi connectivity index (χ4v) is 3.51. The molecule has 0 aliphatic heterocycles. The van der Waals surface area contributed by atoms with Crippen molar-refractivity contribution >= 4 is 23.4 Å². The molecular weight excluding hydrogens is 517 g/mol. The number of hydrogen-bond donors (Lipinski definition) is 3. The van der Waals surface area contributed by atoms with Gasteiger partial charge in [-0.2, -0.15) is 35.8 Å². The van der Waals surface area contributed by atoms with Crippen LogP contribution in [0.1, 0.15) is 45.8 Å². The first-order chi connectivity index (χ1) is 17.2. The van der Waals surface area contributed by atoms with E-state index in [4.69, 9.17) is 4.42 Å². The summed E-state index contributed by atoms with van der Waals surface area (Å²) in [7, 11) is 0. The lowest BCUT2D eigenvalue weighted by molar-refractivity contribution is -0.344. The van der Waals surface area contributed by atoms with Gasteiger partial charge in [-0.05, 0) is 25.3 Å². The normalized spacial score (nSPS) is 15.2. The van der Waals surface area contributed by atoms with Crippen molar-refractivity contribution in [3.8, 4) is 0 Å². The Kier molecular flexibility index (Phi) is 7.64. The lowest BCUT2D eigenvalue weighted by Crippen LogP contribution is -2.58. The smallest absolute Gasteiger partial charge is 0.455 e. The van der Waals surface area contributed by atoms with Crippen LogP contribution in [-0.4, -0.2) is 41.5 Å². The minimum atomic E-state index is -6.68. The molecule has 200 valence electrons. The highest BCUT2D eigenvalue weighted by Crippen LogP contribution is 2.46. The molecule has 0 fully saturated rings. The SMILES string of the molecule is Cc1c(C(=O)NNC(=O)Cc2ccccc2)oc2c1/C(=N/NC(=O)C(F)(F)C(F)(F)C(F)(F)F)CCC2. The van der Waals surface area contributed by atoms with Crippen LogP contribution in [0.5, 0.6) is 0 Å². The molecule has 0 saturated heterocycles. The standard InChI is InChI=1S/C22H19F7N4O4/c1-11-16-13(30-33-19(36)20(23,24)21(25,26)22(27,28)29)8-5-9-14(16)37-17(11)18(35)32-31-15(34)10-12-6-3-2-4-7-12/h2-4,6-7H,5,8-10H2,1H3,(H,31,34)(H,32,35)(H,33,36)/b30-13+. The summed E-state index contributed by atoms with van der Waals surface area (Å²) in [5.41, 5.74) is 6.13. The number of amides is 3. The number of carbonyl (C=O) groups excluding carboxylic acids is 3. The molecule has 0 unspecified atom stereocenters. The Balaban J connectivity index is 1.73. The second-order valence-electron chi connectivity index (χ2n) is 8.02. The van der Waals surface area contributed by atoms with Gasteiger partial charge in [0.1, 0.15) is 5.76 Å². The molecule has 1 aromatic heterocycles. The quantitative estimate of drug-likeness (QED) is 0.387. The Hall–Kier alpha value is -3.91. The summed E-state index contributed by atoms with van der Waals surface area (Å²) in [4.78, 5) is 36.1. The summed E-state index contributed by atoms with van der Waals surface area (Å²) in [6.07, 6.45) is -6.19. The van der Waals surface area contributed by atoms with E-state index >= 15 is 0 Å². The maximum absolute atomic E-state index is 13.6. The minimum absolute atomic E-state index is 0.00373. The molecule has 3 N–H and O–H groups in total. The van der Waals surface area contributed by atoms with Gasteiger partial charge in [-0.3, -0.25) is 25.2 Å². The van der Waals surface area contributed by atoms with Crippen molar-refractivity contribution in [1.82, 2.24) is 16.3 Å². The zero-order chi connectivity index (χ0) is 27.6. The number of alkyl halides is 7. The summed E-state index contributed by atoms with van der Waals surface area (Å²) in [5, 5.41) is 3.32. The molecule has 1 aliphatic carbocycles. The molecule has 2 aromatic rings. The number of fused-ring (bicyclic) bond motifs is 1. The van der Waals surface area contributed by atoms with Gasteiger partial charge in [0.25, 0.3) is 0 Å².